The summed E-state index contributed by atoms with van der Waals surface area (Å²) >= 11 is 0. The Labute approximate surface area is 97.2 Å². The van der Waals surface area contributed by atoms with Gasteiger partial charge in [0.1, 0.15) is 0 Å². The largest absolute Gasteiger partial charge is 0.278 e. The number of nitrogens with zero attached hydrogens (tertiary/aromatic N) is 3. The molecule has 0 amide bonds. The van der Waals surface area contributed by atoms with Crippen molar-refractivity contribution in [3.63, 3.8) is 0 Å². The van der Waals surface area contributed by atoms with E-state index >= 15 is 0 Å². The summed E-state index contributed by atoms with van der Waals surface area (Å²) in [5.41, 5.74) is 3.45. The maximum atomic E-state index is 4.32. The van der Waals surface area contributed by atoms with Crippen molar-refractivity contribution in [2.45, 2.75) is 33.1 Å². The normalized spacial score (nSPS) is 17.0. The minimum Gasteiger partial charge on any atom is -0.278 e. The number of hydrogen-bond donors (Lipinski definition) is 0. The van der Waals surface area contributed by atoms with Gasteiger partial charge < -0.3 is 0 Å². The predicted octanol–water partition coefficient (Wildman–Crippen LogP) is 3.79. The van der Waals surface area contributed by atoms with Crippen LogP contribution in [0.4, 0.5) is 5.69 Å². The lowest BCUT2D eigenvalue weighted by Crippen LogP contribution is -2.23. The SMILES string of the molecule is Cc1ccc(N=NN2CCCCC2)c(C)c1. The minimum absolute atomic E-state index is 0.983. The lowest BCUT2D eigenvalue weighted by molar-refractivity contribution is 0.224. The average molecular weight is 217 g/mol. The fourth-order valence-electron chi connectivity index (χ4n) is 2.00. The second-order valence-electron chi connectivity index (χ2n) is 4.49. The first kappa shape index (κ1) is 11.1. The molecule has 1 aromatic carbocycles. The molecule has 16 heavy (non-hydrogen) atoms. The van der Waals surface area contributed by atoms with Gasteiger partial charge in [-0.25, -0.2) is 0 Å². The van der Waals surface area contributed by atoms with Crippen molar-refractivity contribution in [1.29, 1.82) is 0 Å². The van der Waals surface area contributed by atoms with Gasteiger partial charge in [0.25, 0.3) is 0 Å². The van der Waals surface area contributed by atoms with Gasteiger partial charge in [-0.2, -0.15) is 0 Å². The van der Waals surface area contributed by atoms with E-state index in [9.17, 15) is 0 Å². The zero-order chi connectivity index (χ0) is 11.4. The summed E-state index contributed by atoms with van der Waals surface area (Å²) in [6, 6.07) is 6.26. The molecule has 0 N–H and O–H groups in total. The quantitative estimate of drug-likeness (QED) is 0.693. The molecule has 3 nitrogen and oxygen atoms in total. The Morgan fingerprint density at radius 2 is 1.81 bits per heavy atom. The van der Waals surface area contributed by atoms with Gasteiger partial charge in [-0.15, -0.1) is 5.11 Å². The highest BCUT2D eigenvalue weighted by Crippen LogP contribution is 2.20. The highest BCUT2D eigenvalue weighted by Gasteiger charge is 2.07. The lowest BCUT2D eigenvalue weighted by Gasteiger charge is -2.21. The Morgan fingerprint density at radius 1 is 1.06 bits per heavy atom. The van der Waals surface area contributed by atoms with E-state index in [4.69, 9.17) is 0 Å². The van der Waals surface area contributed by atoms with Gasteiger partial charge in [0, 0.05) is 13.1 Å². The van der Waals surface area contributed by atoms with Gasteiger partial charge in [-0.3, -0.25) is 5.01 Å². The molecule has 2 rings (SSSR count). The zero-order valence-corrected chi connectivity index (χ0v) is 10.1. The molecule has 1 saturated heterocycles. The van der Waals surface area contributed by atoms with Crippen LogP contribution in [0.1, 0.15) is 30.4 Å². The van der Waals surface area contributed by atoms with Crippen molar-refractivity contribution in [1.82, 2.24) is 5.01 Å². The number of aryl methyl sites for hydroxylation is 2. The number of benzene rings is 1. The molecule has 0 unspecified atom stereocenters. The fraction of sp³-hybridized carbons (Fsp3) is 0.538. The van der Waals surface area contributed by atoms with Gasteiger partial charge in [0.2, 0.25) is 0 Å². The Bertz CT molecular complexity index is 379. The van der Waals surface area contributed by atoms with Crippen molar-refractivity contribution in [3.05, 3.63) is 29.3 Å². The first-order chi connectivity index (χ1) is 7.75. The van der Waals surface area contributed by atoms with Crippen molar-refractivity contribution in [2.24, 2.45) is 10.3 Å². The highest BCUT2D eigenvalue weighted by atomic mass is 15.5. The average Bonchev–Trinajstić information content (AvgIpc) is 2.29. The van der Waals surface area contributed by atoms with E-state index in [1.165, 1.54) is 30.4 Å². The van der Waals surface area contributed by atoms with E-state index in [1.807, 2.05) is 6.07 Å². The van der Waals surface area contributed by atoms with Crippen LogP contribution >= 0.6 is 0 Å². The molecule has 86 valence electrons. The summed E-state index contributed by atoms with van der Waals surface area (Å²) in [5.74, 6) is 0. The summed E-state index contributed by atoms with van der Waals surface area (Å²) in [6.45, 7) is 6.28. The van der Waals surface area contributed by atoms with Gasteiger partial charge in [-0.1, -0.05) is 22.9 Å². The first-order valence-corrected chi connectivity index (χ1v) is 5.99. The molecular formula is C13H19N3. The van der Waals surface area contributed by atoms with E-state index < -0.39 is 0 Å². The van der Waals surface area contributed by atoms with E-state index in [0.29, 0.717) is 0 Å². The van der Waals surface area contributed by atoms with Crippen LogP contribution in [0.15, 0.2) is 28.5 Å². The molecule has 0 spiro atoms. The van der Waals surface area contributed by atoms with Crippen LogP contribution in [0.25, 0.3) is 0 Å². The molecule has 0 aliphatic carbocycles. The second kappa shape index (κ2) is 5.10. The van der Waals surface area contributed by atoms with Crippen LogP contribution in [0.2, 0.25) is 0 Å². The molecule has 0 bridgehead atoms. The van der Waals surface area contributed by atoms with E-state index in [1.54, 1.807) is 0 Å². The third-order valence-corrected chi connectivity index (χ3v) is 2.96. The molecular weight excluding hydrogens is 198 g/mol. The topological polar surface area (TPSA) is 28.0 Å². The van der Waals surface area contributed by atoms with E-state index in [2.05, 4.69) is 41.3 Å². The maximum absolute atomic E-state index is 4.32. The summed E-state index contributed by atoms with van der Waals surface area (Å²) in [6.07, 6.45) is 3.81. The second-order valence-corrected chi connectivity index (χ2v) is 4.49. The molecule has 1 heterocycles. The van der Waals surface area contributed by atoms with Gasteiger partial charge >= 0.3 is 0 Å². The third-order valence-electron chi connectivity index (χ3n) is 2.96. The van der Waals surface area contributed by atoms with E-state index in [-0.39, 0.29) is 0 Å². The van der Waals surface area contributed by atoms with Crippen LogP contribution in [0, 0.1) is 13.8 Å². The van der Waals surface area contributed by atoms with Crippen molar-refractivity contribution < 1.29 is 0 Å². The summed E-state index contributed by atoms with van der Waals surface area (Å²) in [7, 11) is 0. The first-order valence-electron chi connectivity index (χ1n) is 5.99. The van der Waals surface area contributed by atoms with Crippen molar-refractivity contribution in [3.8, 4) is 0 Å². The molecule has 0 radical (unpaired) electrons. The Balaban J connectivity index is 2.04. The molecule has 1 aliphatic rings. The van der Waals surface area contributed by atoms with Crippen molar-refractivity contribution >= 4 is 5.69 Å². The number of hydrogen-bond acceptors (Lipinski definition) is 2. The van der Waals surface area contributed by atoms with Crippen LogP contribution in [-0.4, -0.2) is 18.1 Å². The molecule has 3 heteroatoms. The Hall–Kier alpha value is -1.38. The van der Waals surface area contributed by atoms with Crippen LogP contribution in [0.3, 0.4) is 0 Å². The summed E-state index contributed by atoms with van der Waals surface area (Å²) < 4.78 is 0. The van der Waals surface area contributed by atoms with Crippen molar-refractivity contribution in [2.75, 3.05) is 13.1 Å². The standard InChI is InChI=1S/C13H19N3/c1-11-6-7-13(12(2)10-11)14-15-16-8-4-3-5-9-16/h6-7,10H,3-5,8-9H2,1-2H3. The van der Waals surface area contributed by atoms with E-state index in [0.717, 1.165) is 18.8 Å². The summed E-state index contributed by atoms with van der Waals surface area (Å²) in [5, 5.41) is 10.7. The molecule has 0 saturated carbocycles. The molecule has 1 fully saturated rings. The lowest BCUT2D eigenvalue weighted by atomic mass is 10.1. The monoisotopic (exact) mass is 217 g/mol. The van der Waals surface area contributed by atoms with Crippen LogP contribution in [0.5, 0.6) is 0 Å². The summed E-state index contributed by atoms with van der Waals surface area (Å²) in [4.78, 5) is 0. The molecule has 1 aliphatic heterocycles. The smallest absolute Gasteiger partial charge is 0.0903 e. The number of rotatable bonds is 2. The maximum Gasteiger partial charge on any atom is 0.0903 e. The fourth-order valence-corrected chi connectivity index (χ4v) is 2.00. The zero-order valence-electron chi connectivity index (χ0n) is 10.1. The Morgan fingerprint density at radius 3 is 2.50 bits per heavy atom. The molecule has 0 atom stereocenters. The molecule has 1 aromatic rings. The van der Waals surface area contributed by atoms with Gasteiger partial charge in [0.15, 0.2) is 0 Å². The number of piperidine rings is 1. The molecule has 0 aromatic heterocycles. The van der Waals surface area contributed by atoms with Gasteiger partial charge in [-0.05, 0) is 44.7 Å². The minimum atomic E-state index is 0.983. The predicted molar refractivity (Wildman–Crippen MR) is 65.9 cm³/mol. The third kappa shape index (κ3) is 2.81. The highest BCUT2D eigenvalue weighted by molar-refractivity contribution is 5.46. The van der Waals surface area contributed by atoms with Gasteiger partial charge in [0.05, 0.1) is 5.69 Å². The van der Waals surface area contributed by atoms with Crippen LogP contribution < -0.4 is 0 Å². The van der Waals surface area contributed by atoms with Crippen LogP contribution in [-0.2, 0) is 0 Å². The Kier molecular flexibility index (Phi) is 3.54.